The first-order valence-electron chi connectivity index (χ1n) is 7.76. The summed E-state index contributed by atoms with van der Waals surface area (Å²) in [5.41, 5.74) is 1.47. The van der Waals surface area contributed by atoms with Gasteiger partial charge >= 0.3 is 5.97 Å². The molecule has 0 aliphatic carbocycles. The van der Waals surface area contributed by atoms with E-state index in [-0.39, 0.29) is 29.6 Å². The van der Waals surface area contributed by atoms with Crippen LogP contribution in [0.25, 0.3) is 0 Å². The van der Waals surface area contributed by atoms with Crippen molar-refractivity contribution in [2.75, 3.05) is 5.32 Å². The molecule has 130 valence electrons. The number of hydrogen-bond donors (Lipinski definition) is 3. The van der Waals surface area contributed by atoms with Gasteiger partial charge in [-0.2, -0.15) is 0 Å². The molecule has 9 heteroatoms. The quantitative estimate of drug-likeness (QED) is 0.732. The number of fused-ring (bicyclic) bond motifs is 1. The molecule has 0 spiro atoms. The molecule has 0 fully saturated rings. The van der Waals surface area contributed by atoms with E-state index in [0.29, 0.717) is 6.42 Å². The number of carbonyl (C=O) groups excluding carboxylic acids is 1. The second kappa shape index (κ2) is 7.47. The van der Waals surface area contributed by atoms with Gasteiger partial charge < -0.3 is 10.4 Å². The number of aromatic nitrogens is 3. The summed E-state index contributed by atoms with van der Waals surface area (Å²) in [4.78, 5) is 37.5. The number of benzene rings is 1. The summed E-state index contributed by atoms with van der Waals surface area (Å²) in [6.07, 6.45) is 1.17. The van der Waals surface area contributed by atoms with Gasteiger partial charge in [0.05, 0.1) is 11.7 Å². The number of rotatable bonds is 5. The van der Waals surface area contributed by atoms with E-state index >= 15 is 0 Å². The van der Waals surface area contributed by atoms with Gasteiger partial charge in [-0.3, -0.25) is 19.4 Å². The third-order valence-electron chi connectivity index (χ3n) is 3.82. The van der Waals surface area contributed by atoms with Crippen LogP contribution >= 0.6 is 11.8 Å². The zero-order valence-corrected chi connectivity index (χ0v) is 14.0. The Morgan fingerprint density at radius 1 is 1.28 bits per heavy atom. The van der Waals surface area contributed by atoms with Crippen molar-refractivity contribution in [2.24, 2.45) is 0 Å². The highest BCUT2D eigenvalue weighted by atomic mass is 32.2. The number of aromatic amines is 1. The number of para-hydroxylation sites is 1. The Morgan fingerprint density at radius 3 is 2.84 bits per heavy atom. The van der Waals surface area contributed by atoms with Crippen molar-refractivity contribution in [3.63, 3.8) is 0 Å². The van der Waals surface area contributed by atoms with E-state index in [0.717, 1.165) is 29.4 Å². The van der Waals surface area contributed by atoms with Crippen molar-refractivity contribution in [3.05, 3.63) is 45.9 Å². The van der Waals surface area contributed by atoms with E-state index in [1.165, 1.54) is 0 Å². The minimum atomic E-state index is -1.01. The Kier molecular flexibility index (Phi) is 5.13. The highest BCUT2D eigenvalue weighted by Gasteiger charge is 2.25. The van der Waals surface area contributed by atoms with Crippen LogP contribution < -0.4 is 10.9 Å². The third kappa shape index (κ3) is 4.24. The van der Waals surface area contributed by atoms with Crippen LogP contribution in [0.2, 0.25) is 0 Å². The van der Waals surface area contributed by atoms with E-state index < -0.39 is 16.8 Å². The molecule has 1 aliphatic rings. The summed E-state index contributed by atoms with van der Waals surface area (Å²) in [5, 5.41) is 19.1. The summed E-state index contributed by atoms with van der Waals surface area (Å²) in [6, 6.07) is 7.63. The Labute approximate surface area is 147 Å². The van der Waals surface area contributed by atoms with Gasteiger partial charge in [0.2, 0.25) is 5.91 Å². The number of nitrogens with zero attached hydrogens (tertiary/aromatic N) is 2. The van der Waals surface area contributed by atoms with Gasteiger partial charge in [0, 0.05) is 12.1 Å². The normalized spacial score (nSPS) is 16.6. The molecule has 8 nitrogen and oxygen atoms in total. The molecule has 0 bridgehead atoms. The first-order valence-corrected chi connectivity index (χ1v) is 8.64. The number of aryl methyl sites for hydroxylation is 2. The van der Waals surface area contributed by atoms with Gasteiger partial charge in [0.25, 0.3) is 5.56 Å². The van der Waals surface area contributed by atoms with E-state index in [4.69, 9.17) is 5.11 Å². The molecule has 1 aliphatic heterocycles. The molecule has 2 aromatic rings. The maximum atomic E-state index is 12.4. The Morgan fingerprint density at radius 2 is 2.08 bits per heavy atom. The predicted octanol–water partition coefficient (Wildman–Crippen LogP) is 1.23. The zero-order chi connectivity index (χ0) is 17.8. The molecule has 1 amide bonds. The van der Waals surface area contributed by atoms with Gasteiger partial charge in [0.15, 0.2) is 5.16 Å². The number of carbonyl (C=O) groups is 2. The molecule has 1 atom stereocenters. The topological polar surface area (TPSA) is 125 Å². The molecule has 0 radical (unpaired) electrons. The molecule has 0 saturated heterocycles. The lowest BCUT2D eigenvalue weighted by Crippen LogP contribution is -2.25. The smallest absolute Gasteiger partial charge is 0.303 e. The summed E-state index contributed by atoms with van der Waals surface area (Å²) < 4.78 is 0. The van der Waals surface area contributed by atoms with Crippen molar-refractivity contribution in [1.82, 2.24) is 15.2 Å². The van der Waals surface area contributed by atoms with Crippen LogP contribution in [0.15, 0.2) is 34.2 Å². The second-order valence-electron chi connectivity index (χ2n) is 5.59. The number of nitrogens with one attached hydrogen (secondary N) is 2. The summed E-state index contributed by atoms with van der Waals surface area (Å²) in [6.45, 7) is 0. The third-order valence-corrected chi connectivity index (χ3v) is 4.96. The number of hydrogen-bond acceptors (Lipinski definition) is 6. The average Bonchev–Trinajstić information content (AvgIpc) is 2.73. The van der Waals surface area contributed by atoms with Gasteiger partial charge in [-0.15, -0.1) is 10.2 Å². The molecule has 3 N–H and O–H groups in total. The number of anilines is 1. The van der Waals surface area contributed by atoms with Crippen LogP contribution in [-0.4, -0.2) is 37.4 Å². The molecule has 1 aromatic carbocycles. The van der Waals surface area contributed by atoms with Gasteiger partial charge in [-0.1, -0.05) is 30.0 Å². The van der Waals surface area contributed by atoms with E-state index in [1.54, 1.807) is 0 Å². The lowest BCUT2D eigenvalue weighted by molar-refractivity contribution is -0.137. The molecule has 1 unspecified atom stereocenters. The zero-order valence-electron chi connectivity index (χ0n) is 13.2. The fourth-order valence-corrected chi connectivity index (χ4v) is 3.44. The minimum Gasteiger partial charge on any atom is -0.481 e. The highest BCUT2D eigenvalue weighted by molar-refractivity contribution is 8.00. The number of H-pyrrole nitrogens is 1. The number of carboxylic acids is 1. The largest absolute Gasteiger partial charge is 0.481 e. The highest BCUT2D eigenvalue weighted by Crippen LogP contribution is 2.29. The average molecular weight is 360 g/mol. The summed E-state index contributed by atoms with van der Waals surface area (Å²) in [5.74, 6) is -1.15. The van der Waals surface area contributed by atoms with Crippen LogP contribution in [0.4, 0.5) is 5.69 Å². The lowest BCUT2D eigenvalue weighted by Gasteiger charge is -2.11. The monoisotopic (exact) mass is 360 g/mol. The van der Waals surface area contributed by atoms with Gasteiger partial charge in [-0.05, 0) is 24.5 Å². The Hall–Kier alpha value is -2.68. The number of aliphatic carboxylic acids is 1. The van der Waals surface area contributed by atoms with Crippen molar-refractivity contribution in [1.29, 1.82) is 0 Å². The van der Waals surface area contributed by atoms with Crippen molar-refractivity contribution in [2.45, 2.75) is 36.1 Å². The van der Waals surface area contributed by atoms with E-state index in [1.807, 2.05) is 24.3 Å². The maximum absolute atomic E-state index is 12.4. The molecular formula is C16H16N4O4S. The molecular weight excluding hydrogens is 344 g/mol. The van der Waals surface area contributed by atoms with Crippen LogP contribution in [0, 0.1) is 0 Å². The number of amides is 1. The fourth-order valence-electron chi connectivity index (χ4n) is 2.53. The number of thioether (sulfide) groups is 1. The Balaban J connectivity index is 1.70. The summed E-state index contributed by atoms with van der Waals surface area (Å²) in [7, 11) is 0. The SMILES string of the molecule is O=C(O)CCc1nnc(SC2CCc3ccccc3NC2=O)[nH]c1=O. The van der Waals surface area contributed by atoms with Crippen LogP contribution in [0.5, 0.6) is 0 Å². The maximum Gasteiger partial charge on any atom is 0.303 e. The predicted molar refractivity (Wildman–Crippen MR) is 91.6 cm³/mol. The molecule has 0 saturated carbocycles. The molecule has 3 rings (SSSR count). The van der Waals surface area contributed by atoms with E-state index in [2.05, 4.69) is 20.5 Å². The van der Waals surface area contributed by atoms with Crippen LogP contribution in [-0.2, 0) is 22.4 Å². The van der Waals surface area contributed by atoms with E-state index in [9.17, 15) is 14.4 Å². The fraction of sp³-hybridized carbons (Fsp3) is 0.312. The first-order chi connectivity index (χ1) is 12.0. The molecule has 1 aromatic heterocycles. The van der Waals surface area contributed by atoms with Crippen molar-refractivity contribution in [3.8, 4) is 0 Å². The van der Waals surface area contributed by atoms with Gasteiger partial charge in [0.1, 0.15) is 5.69 Å². The van der Waals surface area contributed by atoms with Gasteiger partial charge in [-0.25, -0.2) is 0 Å². The van der Waals surface area contributed by atoms with Crippen LogP contribution in [0.3, 0.4) is 0 Å². The van der Waals surface area contributed by atoms with Crippen molar-refractivity contribution >= 4 is 29.3 Å². The summed E-state index contributed by atoms with van der Waals surface area (Å²) >= 11 is 1.15. The molecule has 2 heterocycles. The molecule has 25 heavy (non-hydrogen) atoms. The second-order valence-corrected chi connectivity index (χ2v) is 6.78. The first kappa shape index (κ1) is 17.2. The van der Waals surface area contributed by atoms with Crippen molar-refractivity contribution < 1.29 is 14.7 Å². The minimum absolute atomic E-state index is 0.0157. The Bertz CT molecular complexity index is 867. The lowest BCUT2D eigenvalue weighted by atomic mass is 10.1. The number of carboxylic acid groups (broad SMARTS) is 1. The standard InChI is InChI=1S/C16H16N4O4S/c21-13(22)8-6-11-14(23)18-16(20-19-11)25-12-7-5-9-3-1-2-4-10(9)17-15(12)24/h1-4,12H,5-8H2,(H,17,24)(H,21,22)(H,18,20,23). The van der Waals surface area contributed by atoms with Crippen LogP contribution in [0.1, 0.15) is 24.1 Å².